The van der Waals surface area contributed by atoms with Gasteiger partial charge in [0.2, 0.25) is 0 Å². The van der Waals surface area contributed by atoms with E-state index in [9.17, 15) is 13.2 Å². The van der Waals surface area contributed by atoms with Crippen LogP contribution >= 0.6 is 0 Å². The van der Waals surface area contributed by atoms with Crippen molar-refractivity contribution in [3.8, 4) is 5.75 Å². The second-order valence-corrected chi connectivity index (χ2v) is 4.61. The van der Waals surface area contributed by atoms with Crippen LogP contribution in [0.4, 0.5) is 13.2 Å². The van der Waals surface area contributed by atoms with Crippen molar-refractivity contribution >= 4 is 0 Å². The minimum absolute atomic E-state index is 0.109. The lowest BCUT2D eigenvalue weighted by Crippen LogP contribution is -2.21. The van der Waals surface area contributed by atoms with Crippen LogP contribution < -0.4 is 10.1 Å². The molecule has 112 valence electrons. The molecular formula is C16H16F3NO. The lowest BCUT2D eigenvalue weighted by Gasteiger charge is -2.20. The lowest BCUT2D eigenvalue weighted by molar-refractivity contribution is 0.392. The van der Waals surface area contributed by atoms with Crippen LogP contribution in [0.1, 0.15) is 17.2 Å². The third-order valence-electron chi connectivity index (χ3n) is 3.39. The average Bonchev–Trinajstić information content (AvgIpc) is 2.49. The van der Waals surface area contributed by atoms with E-state index in [-0.39, 0.29) is 12.0 Å². The summed E-state index contributed by atoms with van der Waals surface area (Å²) in [6.45, 7) is 0. The van der Waals surface area contributed by atoms with Crippen molar-refractivity contribution < 1.29 is 17.9 Å². The molecule has 1 unspecified atom stereocenters. The van der Waals surface area contributed by atoms with Crippen LogP contribution in [0.25, 0.3) is 0 Å². The van der Waals surface area contributed by atoms with Gasteiger partial charge < -0.3 is 10.1 Å². The van der Waals surface area contributed by atoms with Crippen LogP contribution in [0.3, 0.4) is 0 Å². The van der Waals surface area contributed by atoms with E-state index in [1.165, 1.54) is 31.4 Å². The molecule has 1 N–H and O–H groups in total. The van der Waals surface area contributed by atoms with Gasteiger partial charge in [0.05, 0.1) is 7.11 Å². The molecule has 2 nitrogen and oxygen atoms in total. The number of hydrogen-bond donors (Lipinski definition) is 1. The van der Waals surface area contributed by atoms with Crippen LogP contribution in [0, 0.1) is 17.5 Å². The highest BCUT2D eigenvalue weighted by molar-refractivity contribution is 5.38. The fraction of sp³-hybridized carbons (Fsp3) is 0.250. The Hall–Kier alpha value is -2.01. The highest BCUT2D eigenvalue weighted by Crippen LogP contribution is 2.30. The molecule has 0 aromatic heterocycles. The summed E-state index contributed by atoms with van der Waals surface area (Å²) in [5.41, 5.74) is 0.478. The van der Waals surface area contributed by atoms with E-state index in [0.717, 1.165) is 6.07 Å². The normalized spacial score (nSPS) is 12.2. The zero-order chi connectivity index (χ0) is 15.4. The Morgan fingerprint density at radius 1 is 1.05 bits per heavy atom. The molecule has 0 spiro atoms. The molecule has 0 saturated carbocycles. The zero-order valence-corrected chi connectivity index (χ0v) is 11.8. The molecule has 0 amide bonds. The second kappa shape index (κ2) is 6.63. The molecule has 2 aromatic rings. The fourth-order valence-electron chi connectivity index (χ4n) is 2.31. The van der Waals surface area contributed by atoms with Crippen molar-refractivity contribution in [1.29, 1.82) is 0 Å². The topological polar surface area (TPSA) is 21.3 Å². The summed E-state index contributed by atoms with van der Waals surface area (Å²) in [4.78, 5) is 0. The summed E-state index contributed by atoms with van der Waals surface area (Å²) in [7, 11) is 3.07. The van der Waals surface area contributed by atoms with E-state index in [0.29, 0.717) is 11.3 Å². The molecule has 1 atom stereocenters. The van der Waals surface area contributed by atoms with Crippen LogP contribution in [0.2, 0.25) is 0 Å². The first-order valence-corrected chi connectivity index (χ1v) is 6.51. The summed E-state index contributed by atoms with van der Waals surface area (Å²) in [6, 6.07) is 7.91. The first-order valence-electron chi connectivity index (χ1n) is 6.51. The van der Waals surface area contributed by atoms with Gasteiger partial charge in [0.15, 0.2) is 11.6 Å². The van der Waals surface area contributed by atoms with E-state index in [2.05, 4.69) is 5.32 Å². The first-order chi connectivity index (χ1) is 10.1. The van der Waals surface area contributed by atoms with Crippen molar-refractivity contribution in [2.24, 2.45) is 0 Å². The Balaban J connectivity index is 2.39. The summed E-state index contributed by atoms with van der Waals surface area (Å²) in [5.74, 6) is -1.91. The fourth-order valence-corrected chi connectivity index (χ4v) is 2.31. The summed E-state index contributed by atoms with van der Waals surface area (Å²) in [6.07, 6.45) is 0.109. The highest BCUT2D eigenvalue weighted by atomic mass is 19.2. The number of benzene rings is 2. The number of likely N-dealkylation sites (N-methyl/N-ethyl adjacent to an activating group) is 1. The van der Waals surface area contributed by atoms with E-state index < -0.39 is 23.5 Å². The Bertz CT molecular complexity index is 631. The molecule has 0 aliphatic heterocycles. The van der Waals surface area contributed by atoms with Gasteiger partial charge in [-0.15, -0.1) is 0 Å². The SMILES string of the molecule is CNC(Cc1cccc(F)c1F)c1c(F)cccc1OC. The molecule has 0 aliphatic carbocycles. The van der Waals surface area contributed by atoms with Crippen molar-refractivity contribution in [3.63, 3.8) is 0 Å². The molecule has 0 radical (unpaired) electrons. The Kier molecular flexibility index (Phi) is 4.85. The van der Waals surface area contributed by atoms with Gasteiger partial charge in [0.1, 0.15) is 11.6 Å². The maximum atomic E-state index is 14.1. The van der Waals surface area contributed by atoms with Gasteiger partial charge in [-0.25, -0.2) is 13.2 Å². The average molecular weight is 295 g/mol. The minimum Gasteiger partial charge on any atom is -0.496 e. The minimum atomic E-state index is -0.914. The maximum absolute atomic E-state index is 14.1. The smallest absolute Gasteiger partial charge is 0.162 e. The van der Waals surface area contributed by atoms with Gasteiger partial charge in [-0.3, -0.25) is 0 Å². The first kappa shape index (κ1) is 15.4. The van der Waals surface area contributed by atoms with Gasteiger partial charge in [-0.1, -0.05) is 18.2 Å². The predicted molar refractivity (Wildman–Crippen MR) is 74.8 cm³/mol. The monoisotopic (exact) mass is 295 g/mol. The van der Waals surface area contributed by atoms with Crippen molar-refractivity contribution in [3.05, 3.63) is 65.0 Å². The van der Waals surface area contributed by atoms with Crippen molar-refractivity contribution in [1.82, 2.24) is 5.32 Å². The summed E-state index contributed by atoms with van der Waals surface area (Å²) < 4.78 is 46.3. The Labute approximate surface area is 121 Å². The maximum Gasteiger partial charge on any atom is 0.162 e. The number of methoxy groups -OCH3 is 1. The van der Waals surface area contributed by atoms with Crippen LogP contribution in [0.15, 0.2) is 36.4 Å². The summed E-state index contributed by atoms with van der Waals surface area (Å²) >= 11 is 0. The Morgan fingerprint density at radius 3 is 2.38 bits per heavy atom. The Morgan fingerprint density at radius 2 is 1.71 bits per heavy atom. The standard InChI is InChI=1S/C16H16F3NO/c1-20-13(9-10-5-3-7-12(18)16(10)19)15-11(17)6-4-8-14(15)21-2/h3-8,13,20H,9H2,1-2H3. The van der Waals surface area contributed by atoms with Crippen LogP contribution in [-0.2, 0) is 6.42 Å². The van der Waals surface area contributed by atoms with Gasteiger partial charge in [-0.05, 0) is 37.2 Å². The third kappa shape index (κ3) is 3.19. The van der Waals surface area contributed by atoms with Gasteiger partial charge in [0.25, 0.3) is 0 Å². The highest BCUT2D eigenvalue weighted by Gasteiger charge is 2.21. The number of halogens is 3. The van der Waals surface area contributed by atoms with Gasteiger partial charge in [0, 0.05) is 11.6 Å². The molecule has 0 bridgehead atoms. The van der Waals surface area contributed by atoms with E-state index in [4.69, 9.17) is 4.74 Å². The van der Waals surface area contributed by atoms with Gasteiger partial charge in [-0.2, -0.15) is 0 Å². The number of ether oxygens (including phenoxy) is 1. The van der Waals surface area contributed by atoms with E-state index in [1.807, 2.05) is 0 Å². The van der Waals surface area contributed by atoms with E-state index in [1.54, 1.807) is 13.1 Å². The number of rotatable bonds is 5. The molecule has 0 aliphatic rings. The van der Waals surface area contributed by atoms with Gasteiger partial charge >= 0.3 is 0 Å². The van der Waals surface area contributed by atoms with E-state index >= 15 is 0 Å². The molecule has 5 heteroatoms. The number of hydrogen-bond acceptors (Lipinski definition) is 2. The largest absolute Gasteiger partial charge is 0.496 e. The molecule has 0 saturated heterocycles. The molecular weight excluding hydrogens is 279 g/mol. The molecule has 2 aromatic carbocycles. The van der Waals surface area contributed by atoms with Crippen LogP contribution in [-0.4, -0.2) is 14.2 Å². The zero-order valence-electron chi connectivity index (χ0n) is 11.8. The predicted octanol–water partition coefficient (Wildman–Crippen LogP) is 3.62. The summed E-state index contributed by atoms with van der Waals surface area (Å²) in [5, 5.41) is 2.92. The molecule has 2 rings (SSSR count). The molecule has 21 heavy (non-hydrogen) atoms. The van der Waals surface area contributed by atoms with Crippen LogP contribution in [0.5, 0.6) is 5.75 Å². The molecule has 0 fully saturated rings. The van der Waals surface area contributed by atoms with Crippen molar-refractivity contribution in [2.75, 3.05) is 14.2 Å². The van der Waals surface area contributed by atoms with Crippen molar-refractivity contribution in [2.45, 2.75) is 12.5 Å². The lowest BCUT2D eigenvalue weighted by atomic mass is 9.97. The quantitative estimate of drug-likeness (QED) is 0.909. The molecule has 0 heterocycles. The number of nitrogens with one attached hydrogen (secondary N) is 1. The second-order valence-electron chi connectivity index (χ2n) is 4.61. The third-order valence-corrected chi connectivity index (χ3v) is 3.39.